The van der Waals surface area contributed by atoms with E-state index in [0.29, 0.717) is 11.1 Å². The minimum absolute atomic E-state index is 0.247. The molecule has 4 nitrogen and oxygen atoms in total. The van der Waals surface area contributed by atoms with Crippen LogP contribution in [0.15, 0.2) is 75.8 Å². The Morgan fingerprint density at radius 3 is 2.21 bits per heavy atom. The molecule has 0 saturated carbocycles. The lowest BCUT2D eigenvalue weighted by molar-refractivity contribution is 0.0475. The first-order valence-electron chi connectivity index (χ1n) is 7.23. The lowest BCUT2D eigenvalue weighted by Crippen LogP contribution is -2.14. The Morgan fingerprint density at radius 2 is 1.58 bits per heavy atom. The molecule has 0 aliphatic rings. The molecule has 0 N–H and O–H groups in total. The van der Waals surface area contributed by atoms with Gasteiger partial charge in [0.2, 0.25) is 0 Å². The Labute approximate surface area is 147 Å². The first-order valence-corrected chi connectivity index (χ1v) is 8.02. The van der Waals surface area contributed by atoms with Gasteiger partial charge in [0.25, 0.3) is 0 Å². The van der Waals surface area contributed by atoms with Crippen molar-refractivity contribution in [1.82, 2.24) is 0 Å². The molecule has 0 aliphatic carbocycles. The highest BCUT2D eigenvalue weighted by molar-refractivity contribution is 9.10. The number of ketones is 1. The predicted molar refractivity (Wildman–Crippen MR) is 92.9 cm³/mol. The van der Waals surface area contributed by atoms with Gasteiger partial charge in [0.1, 0.15) is 5.76 Å². The summed E-state index contributed by atoms with van der Waals surface area (Å²) < 4.78 is 11.3. The van der Waals surface area contributed by atoms with E-state index in [0.717, 1.165) is 15.8 Å². The number of benzene rings is 2. The summed E-state index contributed by atoms with van der Waals surface area (Å²) in [6.45, 7) is -0.291. The molecule has 24 heavy (non-hydrogen) atoms. The van der Waals surface area contributed by atoms with E-state index < -0.39 is 5.97 Å². The number of carbonyl (C=O) groups is 2. The Hall–Kier alpha value is -2.66. The van der Waals surface area contributed by atoms with Crippen LogP contribution in [-0.4, -0.2) is 18.4 Å². The van der Waals surface area contributed by atoms with Crippen molar-refractivity contribution in [3.05, 3.63) is 82.5 Å². The standard InChI is InChI=1S/C19H13BrO4/c20-16-9-7-13(8-10-16)17(21)12-24-19(22)15-5-3-14(4-6-15)18-2-1-11-23-18/h1-11H,12H2. The summed E-state index contributed by atoms with van der Waals surface area (Å²) in [5.41, 5.74) is 1.75. The zero-order valence-electron chi connectivity index (χ0n) is 12.6. The highest BCUT2D eigenvalue weighted by Crippen LogP contribution is 2.20. The average Bonchev–Trinajstić information content (AvgIpc) is 3.15. The number of halogens is 1. The summed E-state index contributed by atoms with van der Waals surface area (Å²) >= 11 is 3.30. The Bertz CT molecular complexity index is 834. The quantitative estimate of drug-likeness (QED) is 0.470. The number of rotatable bonds is 5. The zero-order valence-corrected chi connectivity index (χ0v) is 14.2. The largest absolute Gasteiger partial charge is 0.464 e. The van der Waals surface area contributed by atoms with Crippen LogP contribution >= 0.6 is 15.9 Å². The zero-order chi connectivity index (χ0) is 16.9. The second kappa shape index (κ2) is 7.27. The third-order valence-electron chi connectivity index (χ3n) is 3.43. The van der Waals surface area contributed by atoms with Gasteiger partial charge in [-0.15, -0.1) is 0 Å². The fourth-order valence-corrected chi connectivity index (χ4v) is 2.41. The average molecular weight is 385 g/mol. The summed E-state index contributed by atoms with van der Waals surface area (Å²) in [7, 11) is 0. The molecule has 3 rings (SSSR count). The molecule has 0 radical (unpaired) electrons. The normalized spacial score (nSPS) is 10.4. The van der Waals surface area contributed by atoms with Gasteiger partial charge in [-0.25, -0.2) is 4.79 Å². The van der Waals surface area contributed by atoms with Gasteiger partial charge in [-0.2, -0.15) is 0 Å². The summed E-state index contributed by atoms with van der Waals surface area (Å²) in [5.74, 6) is -0.0603. The van der Waals surface area contributed by atoms with Gasteiger partial charge in [0.15, 0.2) is 12.4 Å². The fourth-order valence-electron chi connectivity index (χ4n) is 2.15. The molecule has 0 unspecified atom stereocenters. The molecule has 3 aromatic rings. The molecule has 0 spiro atoms. The van der Waals surface area contributed by atoms with E-state index in [1.165, 1.54) is 0 Å². The van der Waals surface area contributed by atoms with Crippen LogP contribution in [0.25, 0.3) is 11.3 Å². The first kappa shape index (κ1) is 16.2. The maximum atomic E-state index is 12.0. The van der Waals surface area contributed by atoms with E-state index in [1.54, 1.807) is 60.9 Å². The second-order valence-corrected chi connectivity index (χ2v) is 5.98. The maximum absolute atomic E-state index is 12.0. The van der Waals surface area contributed by atoms with Crippen LogP contribution in [0.2, 0.25) is 0 Å². The van der Waals surface area contributed by atoms with Crippen molar-refractivity contribution in [3.63, 3.8) is 0 Å². The lowest BCUT2D eigenvalue weighted by Gasteiger charge is -2.05. The highest BCUT2D eigenvalue weighted by atomic mass is 79.9. The molecule has 0 fully saturated rings. The van der Waals surface area contributed by atoms with Crippen LogP contribution < -0.4 is 0 Å². The van der Waals surface area contributed by atoms with Gasteiger partial charge >= 0.3 is 5.97 Å². The Morgan fingerprint density at radius 1 is 0.917 bits per heavy atom. The van der Waals surface area contributed by atoms with Crippen LogP contribution in [0.4, 0.5) is 0 Å². The van der Waals surface area contributed by atoms with Gasteiger partial charge in [-0.1, -0.05) is 40.2 Å². The van der Waals surface area contributed by atoms with E-state index >= 15 is 0 Å². The van der Waals surface area contributed by atoms with Crippen LogP contribution in [-0.2, 0) is 4.74 Å². The van der Waals surface area contributed by atoms with Crippen LogP contribution in [0, 0.1) is 0 Å². The van der Waals surface area contributed by atoms with Crippen LogP contribution in [0.3, 0.4) is 0 Å². The maximum Gasteiger partial charge on any atom is 0.338 e. The minimum atomic E-state index is -0.536. The number of esters is 1. The summed E-state index contributed by atoms with van der Waals surface area (Å²) in [6.07, 6.45) is 1.59. The van der Waals surface area contributed by atoms with Gasteiger partial charge in [0.05, 0.1) is 11.8 Å². The number of hydrogen-bond acceptors (Lipinski definition) is 4. The van der Waals surface area contributed by atoms with Crippen molar-refractivity contribution in [2.24, 2.45) is 0 Å². The third kappa shape index (κ3) is 3.81. The number of Topliss-reactive ketones (excluding diaryl/α,β-unsaturated/α-hetero) is 1. The summed E-state index contributed by atoms with van der Waals surface area (Å²) in [5, 5.41) is 0. The van der Waals surface area contributed by atoms with Crippen molar-refractivity contribution in [2.45, 2.75) is 0 Å². The molecular weight excluding hydrogens is 372 g/mol. The van der Waals surface area contributed by atoms with E-state index in [2.05, 4.69) is 15.9 Å². The predicted octanol–water partition coefficient (Wildman–Crippen LogP) is 4.75. The van der Waals surface area contributed by atoms with Crippen molar-refractivity contribution in [1.29, 1.82) is 0 Å². The number of carbonyl (C=O) groups excluding carboxylic acids is 2. The SMILES string of the molecule is O=C(COC(=O)c1ccc(-c2ccco2)cc1)c1ccc(Br)cc1. The van der Waals surface area contributed by atoms with E-state index in [-0.39, 0.29) is 12.4 Å². The molecule has 0 bridgehead atoms. The minimum Gasteiger partial charge on any atom is -0.464 e. The van der Waals surface area contributed by atoms with Crippen molar-refractivity contribution < 1.29 is 18.7 Å². The topological polar surface area (TPSA) is 56.5 Å². The monoisotopic (exact) mass is 384 g/mol. The molecule has 0 aliphatic heterocycles. The third-order valence-corrected chi connectivity index (χ3v) is 3.96. The summed E-state index contributed by atoms with van der Waals surface area (Å²) in [4.78, 5) is 24.0. The lowest BCUT2D eigenvalue weighted by atomic mass is 10.1. The van der Waals surface area contributed by atoms with Gasteiger partial charge in [-0.05, 0) is 36.4 Å². The fraction of sp³-hybridized carbons (Fsp3) is 0.0526. The number of ether oxygens (including phenoxy) is 1. The Balaban J connectivity index is 1.60. The molecule has 0 amide bonds. The van der Waals surface area contributed by atoms with E-state index in [4.69, 9.17) is 9.15 Å². The highest BCUT2D eigenvalue weighted by Gasteiger charge is 2.12. The molecule has 1 aromatic heterocycles. The molecule has 5 heteroatoms. The van der Waals surface area contributed by atoms with Gasteiger partial charge in [0, 0.05) is 15.6 Å². The molecule has 0 atom stereocenters. The van der Waals surface area contributed by atoms with E-state index in [1.807, 2.05) is 6.07 Å². The molecular formula is C19H13BrO4. The van der Waals surface area contributed by atoms with Crippen molar-refractivity contribution in [2.75, 3.05) is 6.61 Å². The van der Waals surface area contributed by atoms with Crippen LogP contribution in [0.5, 0.6) is 0 Å². The smallest absolute Gasteiger partial charge is 0.338 e. The van der Waals surface area contributed by atoms with E-state index in [9.17, 15) is 9.59 Å². The van der Waals surface area contributed by atoms with Gasteiger partial charge in [-0.3, -0.25) is 4.79 Å². The Kier molecular flexibility index (Phi) is 4.91. The van der Waals surface area contributed by atoms with Gasteiger partial charge < -0.3 is 9.15 Å². The second-order valence-electron chi connectivity index (χ2n) is 5.06. The summed E-state index contributed by atoms with van der Waals surface area (Å²) in [6, 6.07) is 17.4. The molecule has 1 heterocycles. The number of furan rings is 1. The molecule has 0 saturated heterocycles. The van der Waals surface area contributed by atoms with Crippen molar-refractivity contribution in [3.8, 4) is 11.3 Å². The van der Waals surface area contributed by atoms with Crippen LogP contribution in [0.1, 0.15) is 20.7 Å². The molecule has 120 valence electrons. The number of hydrogen-bond donors (Lipinski definition) is 0. The first-order chi connectivity index (χ1) is 11.6. The van der Waals surface area contributed by atoms with Crippen molar-refractivity contribution >= 4 is 27.7 Å². The molecule has 2 aromatic carbocycles.